The summed E-state index contributed by atoms with van der Waals surface area (Å²) >= 11 is 0.434. The molecule has 0 spiro atoms. The molecule has 1 unspecified atom stereocenters. The number of anilines is 1. The van der Waals surface area contributed by atoms with Crippen LogP contribution in [0.15, 0.2) is 40.8 Å². The van der Waals surface area contributed by atoms with Gasteiger partial charge < -0.3 is 23.2 Å². The van der Waals surface area contributed by atoms with E-state index in [4.69, 9.17) is 18.6 Å². The maximum absolute atomic E-state index is 15.2. The number of carbonyl (C=O) groups is 1. The molecule has 47 heavy (non-hydrogen) atoms. The van der Waals surface area contributed by atoms with Gasteiger partial charge in [-0.3, -0.25) is 5.32 Å². The van der Waals surface area contributed by atoms with E-state index < -0.39 is 89.3 Å². The first-order valence-electron chi connectivity index (χ1n) is 14.6. The van der Waals surface area contributed by atoms with Gasteiger partial charge in [-0.1, -0.05) is 30.3 Å². The van der Waals surface area contributed by atoms with E-state index in [1.54, 1.807) is 30.3 Å². The Labute approximate surface area is 270 Å². The highest BCUT2D eigenvalue weighted by molar-refractivity contribution is 7.93. The Morgan fingerprint density at radius 1 is 1.09 bits per heavy atom. The van der Waals surface area contributed by atoms with Crippen molar-refractivity contribution in [1.29, 1.82) is 0 Å². The number of hydrogen-bond donors (Lipinski definition) is 2. The average molecular weight is 693 g/mol. The number of pyridine rings is 1. The first-order valence-corrected chi connectivity index (χ1v) is 15.5. The second-order valence-corrected chi connectivity index (χ2v) is 12.7. The highest BCUT2D eigenvalue weighted by atomic mass is 32.2. The third-order valence-electron chi connectivity index (χ3n) is 7.20. The summed E-state index contributed by atoms with van der Waals surface area (Å²) < 4.78 is 120. The van der Waals surface area contributed by atoms with Gasteiger partial charge in [-0.15, -0.1) is 10.2 Å². The number of halogens is 6. The van der Waals surface area contributed by atoms with Crippen LogP contribution in [0.4, 0.5) is 36.8 Å². The van der Waals surface area contributed by atoms with E-state index in [9.17, 15) is 22.5 Å². The number of nitrogens with one attached hydrogen (secondary N) is 1. The first kappa shape index (κ1) is 36.3. The van der Waals surface area contributed by atoms with Crippen molar-refractivity contribution in [2.45, 2.75) is 89.6 Å². The van der Waals surface area contributed by atoms with Gasteiger partial charge in [0.15, 0.2) is 5.69 Å². The van der Waals surface area contributed by atoms with Gasteiger partial charge in [0.25, 0.3) is 11.8 Å². The van der Waals surface area contributed by atoms with E-state index in [1.165, 1.54) is 27.7 Å². The topological polar surface area (TPSA) is 129 Å². The summed E-state index contributed by atoms with van der Waals surface area (Å²) in [7, 11) is 0. The maximum Gasteiger partial charge on any atom is 0.426 e. The van der Waals surface area contributed by atoms with Gasteiger partial charge in [-0.25, -0.2) is 9.78 Å². The number of hydrogen-bond acceptors (Lipinski definition) is 10. The molecule has 2 aromatic heterocycles. The minimum Gasteiger partial charge on any atom is -0.474 e. The van der Waals surface area contributed by atoms with E-state index in [-0.39, 0.29) is 25.0 Å². The predicted octanol–water partition coefficient (Wildman–Crippen LogP) is 8.64. The van der Waals surface area contributed by atoms with Crippen molar-refractivity contribution < 1.29 is 54.3 Å². The van der Waals surface area contributed by atoms with Gasteiger partial charge in [0.2, 0.25) is 11.5 Å². The van der Waals surface area contributed by atoms with Crippen LogP contribution in [0, 0.1) is 5.92 Å². The first-order chi connectivity index (χ1) is 21.9. The number of ether oxygens (including phenoxy) is 3. The van der Waals surface area contributed by atoms with Crippen molar-refractivity contribution in [3.63, 3.8) is 0 Å². The second kappa shape index (κ2) is 14.3. The molecule has 3 aromatic rings. The fourth-order valence-electron chi connectivity index (χ4n) is 4.85. The monoisotopic (exact) mass is 692 g/mol. The van der Waals surface area contributed by atoms with Crippen LogP contribution in [-0.4, -0.2) is 49.5 Å². The molecule has 258 valence electrons. The smallest absolute Gasteiger partial charge is 0.426 e. The Hall–Kier alpha value is -3.57. The molecule has 1 amide bonds. The molecule has 17 heteroatoms. The molecule has 1 aliphatic rings. The Kier molecular flexibility index (Phi) is 11.0. The van der Waals surface area contributed by atoms with Crippen LogP contribution in [0.5, 0.6) is 5.88 Å². The lowest BCUT2D eigenvalue weighted by atomic mass is 9.89. The summed E-state index contributed by atoms with van der Waals surface area (Å²) in [6, 6.07) is 8.59. The Balaban J connectivity index is 1.92. The summed E-state index contributed by atoms with van der Waals surface area (Å²) in [4.78, 5) is 16.6. The standard InChI is InChI=1S/C30H34F6N4O6S/c1-17-10-11-19(16-47-42)12-13-28(30(34,35)36,43-15-18-8-6-5-7-9-18)25-40-39-24(45-25)22-21(37-26(41)46-27(2,3)4)14-20(29(31,32)33)23(38-22)44-17/h5-9,14,17,19,42H,10-13,15-16H2,1-4H3,(H,37,41)/t17-,19?,28-/m1/s1. The van der Waals surface area contributed by atoms with E-state index in [0.29, 0.717) is 23.7 Å². The van der Waals surface area contributed by atoms with Crippen LogP contribution >= 0.6 is 12.0 Å². The van der Waals surface area contributed by atoms with Crippen molar-refractivity contribution in [2.75, 3.05) is 11.1 Å². The summed E-state index contributed by atoms with van der Waals surface area (Å²) in [6.07, 6.45) is -12.8. The zero-order valence-electron chi connectivity index (χ0n) is 25.9. The molecule has 3 atom stereocenters. The van der Waals surface area contributed by atoms with E-state index >= 15 is 13.2 Å². The molecule has 4 rings (SSSR count). The van der Waals surface area contributed by atoms with Crippen LogP contribution in [0.3, 0.4) is 0 Å². The van der Waals surface area contributed by atoms with E-state index in [2.05, 4.69) is 20.5 Å². The molecule has 10 nitrogen and oxygen atoms in total. The fourth-order valence-corrected chi connectivity index (χ4v) is 5.40. The number of benzene rings is 1. The van der Waals surface area contributed by atoms with Crippen molar-refractivity contribution in [3.05, 3.63) is 53.4 Å². The lowest BCUT2D eigenvalue weighted by molar-refractivity contribution is -0.300. The molecule has 0 aliphatic carbocycles. The molecule has 3 heterocycles. The van der Waals surface area contributed by atoms with Crippen molar-refractivity contribution in [1.82, 2.24) is 15.2 Å². The van der Waals surface area contributed by atoms with Crippen LogP contribution < -0.4 is 10.1 Å². The highest BCUT2D eigenvalue weighted by Gasteiger charge is 2.61. The van der Waals surface area contributed by atoms with Crippen LogP contribution in [0.2, 0.25) is 0 Å². The largest absolute Gasteiger partial charge is 0.474 e. The molecule has 0 radical (unpaired) electrons. The highest BCUT2D eigenvalue weighted by Crippen LogP contribution is 2.48. The number of nitrogens with zero attached hydrogens (tertiary/aromatic N) is 3. The lowest BCUT2D eigenvalue weighted by Crippen LogP contribution is -2.45. The molecule has 0 fully saturated rings. The summed E-state index contributed by atoms with van der Waals surface area (Å²) in [5.74, 6) is -3.18. The number of alkyl halides is 6. The predicted molar refractivity (Wildman–Crippen MR) is 158 cm³/mol. The normalized spacial score (nSPS) is 21.0. The zero-order valence-corrected chi connectivity index (χ0v) is 26.7. The molecule has 1 aromatic carbocycles. The van der Waals surface area contributed by atoms with Crippen molar-refractivity contribution in [2.24, 2.45) is 5.92 Å². The molecule has 4 bridgehead atoms. The Bertz CT molecular complexity index is 1520. The third kappa shape index (κ3) is 9.07. The van der Waals surface area contributed by atoms with Crippen LogP contribution in [0.25, 0.3) is 11.6 Å². The van der Waals surface area contributed by atoms with Gasteiger partial charge in [0.05, 0.1) is 18.4 Å². The lowest BCUT2D eigenvalue weighted by Gasteiger charge is -2.34. The number of amides is 1. The van der Waals surface area contributed by atoms with Gasteiger partial charge in [0, 0.05) is 5.75 Å². The van der Waals surface area contributed by atoms with E-state index in [0.717, 1.165) is 0 Å². The minimum atomic E-state index is -5.12. The molecular weight excluding hydrogens is 658 g/mol. The van der Waals surface area contributed by atoms with Crippen LogP contribution in [0.1, 0.15) is 70.4 Å². The van der Waals surface area contributed by atoms with Gasteiger partial charge in [0.1, 0.15) is 11.2 Å². The second-order valence-electron chi connectivity index (χ2n) is 12.1. The molecule has 2 N–H and O–H groups in total. The average Bonchev–Trinajstić information content (AvgIpc) is 3.44. The van der Waals surface area contributed by atoms with Gasteiger partial charge in [-0.05, 0) is 83.0 Å². The molecular formula is C30H34F6N4O6S. The number of rotatable bonds is 6. The Morgan fingerprint density at radius 3 is 2.40 bits per heavy atom. The number of aromatic nitrogens is 3. The van der Waals surface area contributed by atoms with Crippen molar-refractivity contribution >= 4 is 23.8 Å². The summed E-state index contributed by atoms with van der Waals surface area (Å²) in [5.41, 5.74) is -6.38. The number of carbonyl (C=O) groups excluding carboxylic acids is 1. The Morgan fingerprint density at radius 2 is 1.79 bits per heavy atom. The molecule has 1 aliphatic heterocycles. The summed E-state index contributed by atoms with van der Waals surface area (Å²) in [5, 5.41) is 9.56. The quantitative estimate of drug-likeness (QED) is 0.191. The minimum absolute atomic E-state index is 0.0374. The van der Waals surface area contributed by atoms with Gasteiger partial charge in [-0.2, -0.15) is 26.3 Å². The van der Waals surface area contributed by atoms with Crippen molar-refractivity contribution in [3.8, 4) is 17.5 Å². The third-order valence-corrected chi connectivity index (χ3v) is 7.82. The number of fused-ring (bicyclic) bond motifs is 5. The summed E-state index contributed by atoms with van der Waals surface area (Å²) in [6.45, 7) is 5.55. The fraction of sp³-hybridized carbons (Fsp3) is 0.533. The maximum atomic E-state index is 15.2. The molecule has 0 saturated heterocycles. The molecule has 0 saturated carbocycles. The SMILES string of the molecule is C[C@@H]1CCC(CSO)CC[C@](OCc2ccccc2)(C(F)(F)F)c2nnc(o2)-c2nc(c(C(F)(F)F)cc2NC(=O)OC(C)(C)C)O1. The van der Waals surface area contributed by atoms with Crippen LogP contribution in [-0.2, 0) is 27.9 Å². The van der Waals surface area contributed by atoms with Gasteiger partial charge >= 0.3 is 18.4 Å². The van der Waals surface area contributed by atoms with E-state index in [1.807, 2.05) is 0 Å². The zero-order chi connectivity index (χ0) is 34.6.